The summed E-state index contributed by atoms with van der Waals surface area (Å²) in [6.45, 7) is 3.00. The van der Waals surface area contributed by atoms with Crippen LogP contribution in [0.1, 0.15) is 31.4 Å². The first-order valence-electron chi connectivity index (χ1n) is 11.2. The van der Waals surface area contributed by atoms with Gasteiger partial charge in [0.25, 0.3) is 7.52 Å². The molecule has 0 bridgehead atoms. The van der Waals surface area contributed by atoms with E-state index in [1.165, 1.54) is 0 Å². The Bertz CT molecular complexity index is 1020. The average Bonchev–Trinajstić information content (AvgIpc) is 2.81. The number of carbonyl (C=O) groups excluding carboxylic acids is 2. The van der Waals surface area contributed by atoms with Crippen molar-refractivity contribution in [2.45, 2.75) is 45.1 Å². The molecule has 0 aliphatic carbocycles. The maximum absolute atomic E-state index is 13.1. The van der Waals surface area contributed by atoms with E-state index in [4.69, 9.17) is 4.74 Å². The lowest BCUT2D eigenvalue weighted by Gasteiger charge is -2.25. The standard InChI is InChI=1S/C24H32N3O7P/c1-17(2)13-20(23(29)30)26-21(28)15-25-35(32,33)22(14-18-9-5-3-6-10-18)27-24(31)34-16-19-11-7-4-8-12-19/h3-12,17,20,22H,13-16H2,1-2H3,(H,26,28)(H,27,31)(H,29,30)(H2,25,32,33)/t20-,22-/m0/s1. The number of rotatable bonds is 13. The van der Waals surface area contributed by atoms with Gasteiger partial charge in [0.1, 0.15) is 18.4 Å². The Balaban J connectivity index is 2.04. The lowest BCUT2D eigenvalue weighted by molar-refractivity contribution is -0.142. The van der Waals surface area contributed by atoms with Gasteiger partial charge in [-0.15, -0.1) is 0 Å². The Morgan fingerprint density at radius 1 is 0.943 bits per heavy atom. The van der Waals surface area contributed by atoms with Crippen LogP contribution in [0.5, 0.6) is 0 Å². The van der Waals surface area contributed by atoms with E-state index >= 15 is 0 Å². The first kappa shape index (κ1) is 28.0. The Hall–Kier alpha value is -3.20. The van der Waals surface area contributed by atoms with Gasteiger partial charge >= 0.3 is 12.1 Å². The summed E-state index contributed by atoms with van der Waals surface area (Å²) in [6.07, 6.45) is -0.684. The number of hydrogen-bond donors (Lipinski definition) is 5. The lowest BCUT2D eigenvalue weighted by atomic mass is 10.0. The monoisotopic (exact) mass is 505 g/mol. The molecule has 5 N–H and O–H groups in total. The molecule has 0 saturated carbocycles. The molecule has 0 spiro atoms. The number of ether oxygens (including phenoxy) is 1. The van der Waals surface area contributed by atoms with Crippen molar-refractivity contribution in [1.29, 1.82) is 0 Å². The van der Waals surface area contributed by atoms with Gasteiger partial charge in [-0.25, -0.2) is 14.7 Å². The molecule has 2 amide bonds. The van der Waals surface area contributed by atoms with Crippen molar-refractivity contribution in [3.8, 4) is 0 Å². The second-order valence-corrected chi connectivity index (χ2v) is 10.6. The molecule has 0 saturated heterocycles. The summed E-state index contributed by atoms with van der Waals surface area (Å²) in [5.74, 6) is -3.22. The van der Waals surface area contributed by atoms with Crippen LogP contribution in [0.3, 0.4) is 0 Å². The number of nitrogens with one attached hydrogen (secondary N) is 3. The Kier molecular flexibility index (Phi) is 10.9. The third kappa shape index (κ3) is 10.3. The molecule has 11 heteroatoms. The predicted octanol–water partition coefficient (Wildman–Crippen LogP) is 2.87. The zero-order valence-corrected chi connectivity index (χ0v) is 20.6. The number of aliphatic carboxylic acids is 1. The predicted molar refractivity (Wildman–Crippen MR) is 131 cm³/mol. The fourth-order valence-corrected chi connectivity index (χ4v) is 4.56. The fraction of sp³-hybridized carbons (Fsp3) is 0.375. The third-order valence-corrected chi connectivity index (χ3v) is 6.77. The van der Waals surface area contributed by atoms with Crippen LogP contribution in [0.2, 0.25) is 0 Å². The van der Waals surface area contributed by atoms with Crippen molar-refractivity contribution in [1.82, 2.24) is 15.7 Å². The summed E-state index contributed by atoms with van der Waals surface area (Å²) in [6, 6.07) is 16.6. The number of benzene rings is 2. The molecule has 2 aromatic carbocycles. The van der Waals surface area contributed by atoms with Crippen LogP contribution < -0.4 is 15.7 Å². The van der Waals surface area contributed by atoms with Crippen molar-refractivity contribution in [3.63, 3.8) is 0 Å². The maximum atomic E-state index is 13.1. The third-order valence-electron chi connectivity index (χ3n) is 5.00. The first-order chi connectivity index (χ1) is 16.6. The van der Waals surface area contributed by atoms with Gasteiger partial charge in [0.05, 0.1) is 6.54 Å². The number of carbonyl (C=O) groups is 3. The molecule has 190 valence electrons. The molecule has 0 aromatic heterocycles. The van der Waals surface area contributed by atoms with Crippen LogP contribution in [-0.4, -0.2) is 46.3 Å². The molecule has 0 radical (unpaired) electrons. The maximum Gasteiger partial charge on any atom is 0.408 e. The summed E-state index contributed by atoms with van der Waals surface area (Å²) < 4.78 is 18.3. The van der Waals surface area contributed by atoms with Gasteiger partial charge < -0.3 is 25.4 Å². The minimum atomic E-state index is -4.34. The molecule has 3 atom stereocenters. The van der Waals surface area contributed by atoms with Gasteiger partial charge in [0.2, 0.25) is 5.91 Å². The molecule has 35 heavy (non-hydrogen) atoms. The van der Waals surface area contributed by atoms with Gasteiger partial charge in [-0.1, -0.05) is 74.5 Å². The molecule has 2 rings (SSSR count). The van der Waals surface area contributed by atoms with Crippen LogP contribution in [0.25, 0.3) is 0 Å². The zero-order chi connectivity index (χ0) is 25.8. The summed E-state index contributed by atoms with van der Waals surface area (Å²) in [4.78, 5) is 46.7. The SMILES string of the molecule is CC(C)C[C@H](NC(=O)CNP(=O)(O)[C@@H](Cc1ccccc1)NC(=O)OCc1ccccc1)C(=O)O. The Labute approximate surface area is 204 Å². The van der Waals surface area contributed by atoms with Gasteiger partial charge in [-0.05, 0) is 23.5 Å². The number of amides is 2. The van der Waals surface area contributed by atoms with Crippen molar-refractivity contribution in [2.75, 3.05) is 6.54 Å². The van der Waals surface area contributed by atoms with Crippen molar-refractivity contribution < 1.29 is 33.7 Å². The summed E-state index contributed by atoms with van der Waals surface area (Å²) in [5.41, 5.74) is 1.43. The molecule has 1 unspecified atom stereocenters. The highest BCUT2D eigenvalue weighted by Gasteiger charge is 2.34. The highest BCUT2D eigenvalue weighted by Crippen LogP contribution is 2.41. The number of alkyl carbamates (subject to hydrolysis) is 1. The van der Waals surface area contributed by atoms with Crippen molar-refractivity contribution in [3.05, 3.63) is 71.8 Å². The van der Waals surface area contributed by atoms with Crippen LogP contribution in [0, 0.1) is 5.92 Å². The van der Waals surface area contributed by atoms with Crippen molar-refractivity contribution in [2.24, 2.45) is 5.92 Å². The van der Waals surface area contributed by atoms with Crippen LogP contribution in [-0.2, 0) is 31.9 Å². The Morgan fingerprint density at radius 2 is 1.51 bits per heavy atom. The van der Waals surface area contributed by atoms with E-state index in [1.807, 2.05) is 19.9 Å². The van der Waals surface area contributed by atoms with Gasteiger partial charge in [0.15, 0.2) is 0 Å². The molecule has 0 aliphatic rings. The van der Waals surface area contributed by atoms with Gasteiger partial charge in [0, 0.05) is 6.42 Å². The molecule has 10 nitrogen and oxygen atoms in total. The molecule has 0 heterocycles. The van der Waals surface area contributed by atoms with Crippen LogP contribution >= 0.6 is 7.52 Å². The highest BCUT2D eigenvalue weighted by atomic mass is 31.2. The quantitative estimate of drug-likeness (QED) is 0.260. The van der Waals surface area contributed by atoms with Gasteiger partial charge in [-0.2, -0.15) is 0 Å². The first-order valence-corrected chi connectivity index (χ1v) is 12.9. The topological polar surface area (TPSA) is 154 Å². The molecule has 0 aliphatic heterocycles. The van der Waals surface area contributed by atoms with Crippen LogP contribution in [0.15, 0.2) is 60.7 Å². The fourth-order valence-electron chi connectivity index (χ4n) is 3.23. The Morgan fingerprint density at radius 3 is 2.06 bits per heavy atom. The lowest BCUT2D eigenvalue weighted by Crippen LogP contribution is -2.46. The van der Waals surface area contributed by atoms with Crippen molar-refractivity contribution >= 4 is 25.5 Å². The average molecular weight is 506 g/mol. The normalized spacial score (nSPS) is 14.4. The second kappa shape index (κ2) is 13.6. The van der Waals surface area contributed by atoms with Gasteiger partial charge in [-0.3, -0.25) is 9.36 Å². The largest absolute Gasteiger partial charge is 0.480 e. The van der Waals surface area contributed by atoms with E-state index in [1.54, 1.807) is 54.6 Å². The molecule has 2 aromatic rings. The second-order valence-electron chi connectivity index (χ2n) is 8.46. The molecular formula is C24H32N3O7P. The summed E-state index contributed by atoms with van der Waals surface area (Å²) in [7, 11) is -4.34. The smallest absolute Gasteiger partial charge is 0.408 e. The van der Waals surface area contributed by atoms with E-state index in [-0.39, 0.29) is 25.4 Å². The van der Waals surface area contributed by atoms with E-state index in [0.717, 1.165) is 5.56 Å². The summed E-state index contributed by atoms with van der Waals surface area (Å²) >= 11 is 0. The summed E-state index contributed by atoms with van der Waals surface area (Å²) in [5, 5.41) is 16.3. The highest BCUT2D eigenvalue weighted by molar-refractivity contribution is 7.56. The van der Waals surface area contributed by atoms with E-state index in [2.05, 4.69) is 15.7 Å². The van der Waals surface area contributed by atoms with E-state index in [0.29, 0.717) is 5.56 Å². The molecular weight excluding hydrogens is 473 g/mol. The van der Waals surface area contributed by atoms with Crippen LogP contribution in [0.4, 0.5) is 4.79 Å². The minimum absolute atomic E-state index is 0.00518. The van der Waals surface area contributed by atoms with E-state index < -0.39 is 43.9 Å². The number of hydrogen-bond acceptors (Lipinski definition) is 5. The minimum Gasteiger partial charge on any atom is -0.480 e. The number of carboxylic acids is 1. The number of carboxylic acid groups (broad SMARTS) is 1. The zero-order valence-electron chi connectivity index (χ0n) is 19.7. The molecule has 0 fully saturated rings. The van der Waals surface area contributed by atoms with E-state index in [9.17, 15) is 28.9 Å².